The number of rotatable bonds is 9. The molecule has 1 saturated heterocycles. The molecule has 2 rings (SSSR count). The second-order valence-corrected chi connectivity index (χ2v) is 7.74. The predicted molar refractivity (Wildman–Crippen MR) is 103 cm³/mol. The molecule has 1 aliphatic rings. The van der Waals surface area contributed by atoms with Crippen LogP contribution in [0.2, 0.25) is 0 Å². The van der Waals surface area contributed by atoms with Crippen molar-refractivity contribution in [2.45, 2.75) is 39.7 Å². The quantitative estimate of drug-likeness (QED) is 0.395. The van der Waals surface area contributed by atoms with Crippen LogP contribution in [-0.2, 0) is 9.53 Å². The van der Waals surface area contributed by atoms with E-state index in [1.54, 1.807) is 18.7 Å². The van der Waals surface area contributed by atoms with Gasteiger partial charge in [-0.2, -0.15) is 0 Å². The van der Waals surface area contributed by atoms with Crippen LogP contribution in [0.15, 0.2) is 0 Å². The summed E-state index contributed by atoms with van der Waals surface area (Å²) >= 11 is 1.01. The van der Waals surface area contributed by atoms with Gasteiger partial charge in [0, 0.05) is 12.8 Å². The van der Waals surface area contributed by atoms with E-state index in [1.807, 2.05) is 5.32 Å². The largest absolute Gasteiger partial charge is 0.462 e. The van der Waals surface area contributed by atoms with E-state index >= 15 is 0 Å². The van der Waals surface area contributed by atoms with Crippen LogP contribution in [0.25, 0.3) is 0 Å². The molecule has 0 aliphatic carbocycles. The number of thiophene rings is 1. The summed E-state index contributed by atoms with van der Waals surface area (Å²) in [6, 6.07) is 0.586. The Hall–Kier alpha value is -1.97. The Morgan fingerprint density at radius 3 is 2.74 bits per heavy atom. The average molecular weight is 399 g/mol. The highest BCUT2D eigenvalue weighted by Gasteiger charge is 2.29. The van der Waals surface area contributed by atoms with Crippen LogP contribution in [0, 0.1) is 6.92 Å². The number of likely N-dealkylation sites (N-methyl/N-ethyl adjacent to an activating group) is 1. The molecule has 0 radical (unpaired) electrons. The zero-order valence-corrected chi connectivity index (χ0v) is 17.0. The van der Waals surface area contributed by atoms with Gasteiger partial charge < -0.3 is 26.0 Å². The second-order valence-electron chi connectivity index (χ2n) is 6.72. The van der Waals surface area contributed by atoms with Gasteiger partial charge in [0.05, 0.1) is 30.1 Å². The van der Waals surface area contributed by atoms with Gasteiger partial charge in [-0.1, -0.05) is 0 Å². The van der Waals surface area contributed by atoms with Gasteiger partial charge in [0.15, 0.2) is 6.54 Å². The van der Waals surface area contributed by atoms with E-state index in [0.29, 0.717) is 16.6 Å². The number of esters is 1. The monoisotopic (exact) mass is 398 g/mol. The van der Waals surface area contributed by atoms with Gasteiger partial charge in [0.25, 0.3) is 11.8 Å². The van der Waals surface area contributed by atoms with E-state index in [1.165, 1.54) is 19.4 Å². The fourth-order valence-corrected chi connectivity index (χ4v) is 4.68. The summed E-state index contributed by atoms with van der Waals surface area (Å²) in [5.41, 5.74) is 6.03. The van der Waals surface area contributed by atoms with Crippen molar-refractivity contribution in [3.05, 3.63) is 16.0 Å². The van der Waals surface area contributed by atoms with Gasteiger partial charge in [0.1, 0.15) is 17.6 Å². The summed E-state index contributed by atoms with van der Waals surface area (Å²) < 4.78 is 5.05. The SMILES string of the molecule is CCOC(=O)c1c(NC(=O)C[NH2+]C[C@@H]2CCC[NH+]2CC)sc(C(N)=O)c1C. The lowest BCUT2D eigenvalue weighted by atomic mass is 10.1. The van der Waals surface area contributed by atoms with Crippen LogP contribution < -0.4 is 21.3 Å². The minimum Gasteiger partial charge on any atom is -0.462 e. The predicted octanol–water partition coefficient (Wildman–Crippen LogP) is -1.10. The van der Waals surface area contributed by atoms with Crippen molar-refractivity contribution in [2.24, 2.45) is 5.73 Å². The molecule has 8 nitrogen and oxygen atoms in total. The Bertz CT molecular complexity index is 704. The average Bonchev–Trinajstić information content (AvgIpc) is 3.19. The van der Waals surface area contributed by atoms with Crippen LogP contribution in [0.1, 0.15) is 52.3 Å². The summed E-state index contributed by atoms with van der Waals surface area (Å²) in [4.78, 5) is 38.0. The van der Waals surface area contributed by atoms with E-state index in [2.05, 4.69) is 12.2 Å². The number of quaternary nitrogens is 2. The molecule has 1 aromatic heterocycles. The Labute approximate surface area is 163 Å². The third-order valence-corrected chi connectivity index (χ3v) is 6.19. The summed E-state index contributed by atoms with van der Waals surface area (Å²) in [7, 11) is 0. The van der Waals surface area contributed by atoms with Crippen molar-refractivity contribution >= 4 is 34.1 Å². The number of carbonyl (C=O) groups excluding carboxylic acids is 3. The molecule has 0 bridgehead atoms. The lowest BCUT2D eigenvalue weighted by Gasteiger charge is -2.18. The van der Waals surface area contributed by atoms with Gasteiger partial charge in [-0.05, 0) is 26.3 Å². The topological polar surface area (TPSA) is 120 Å². The van der Waals surface area contributed by atoms with Crippen LogP contribution in [0.4, 0.5) is 5.00 Å². The van der Waals surface area contributed by atoms with Crippen LogP contribution in [-0.4, -0.2) is 56.6 Å². The Morgan fingerprint density at radius 2 is 2.11 bits per heavy atom. The normalized spacial score (nSPS) is 19.1. The summed E-state index contributed by atoms with van der Waals surface area (Å²) in [5.74, 6) is -1.40. The van der Waals surface area contributed by atoms with E-state index in [-0.39, 0.29) is 29.5 Å². The molecule has 2 amide bonds. The lowest BCUT2D eigenvalue weighted by Crippen LogP contribution is -3.16. The molecule has 1 aliphatic heterocycles. The van der Waals surface area contributed by atoms with Gasteiger partial charge in [-0.15, -0.1) is 11.3 Å². The minimum atomic E-state index is -0.626. The third kappa shape index (κ3) is 5.27. The molecule has 0 saturated carbocycles. The van der Waals surface area contributed by atoms with Crippen LogP contribution >= 0.6 is 11.3 Å². The third-order valence-electron chi connectivity index (χ3n) is 4.97. The van der Waals surface area contributed by atoms with Crippen molar-refractivity contribution in [3.63, 3.8) is 0 Å². The van der Waals surface area contributed by atoms with Gasteiger partial charge in [-0.25, -0.2) is 4.79 Å². The highest BCUT2D eigenvalue weighted by Crippen LogP contribution is 2.33. The molecule has 27 heavy (non-hydrogen) atoms. The van der Waals surface area contributed by atoms with E-state index in [0.717, 1.165) is 24.4 Å². The lowest BCUT2D eigenvalue weighted by molar-refractivity contribution is -0.923. The molecule has 2 atom stereocenters. The molecule has 6 N–H and O–H groups in total. The number of nitrogens with two attached hydrogens (primary N) is 2. The Morgan fingerprint density at radius 1 is 1.37 bits per heavy atom. The number of anilines is 1. The fraction of sp³-hybridized carbons (Fsp3) is 0.611. The molecule has 1 unspecified atom stereocenters. The number of nitrogens with one attached hydrogen (secondary N) is 2. The molecule has 0 spiro atoms. The van der Waals surface area contributed by atoms with Crippen molar-refractivity contribution < 1.29 is 29.3 Å². The molecule has 0 aromatic carbocycles. The second kappa shape index (κ2) is 9.82. The minimum absolute atomic E-state index is 0.207. The molecule has 1 aromatic rings. The number of likely N-dealkylation sites (tertiary alicyclic amines) is 1. The standard InChI is InChI=1S/C18H28N4O4S/c1-4-22-8-6-7-12(22)9-20-10-13(23)21-17-14(18(25)26-5-2)11(3)15(27-17)16(19)24/h12,20H,4-10H2,1-3H3,(H2,19,24)(H,21,23)/p+2/t12-/m0/s1. The number of primary amides is 1. The van der Waals surface area contributed by atoms with E-state index in [4.69, 9.17) is 10.5 Å². The highest BCUT2D eigenvalue weighted by molar-refractivity contribution is 7.18. The number of hydrogen-bond acceptors (Lipinski definition) is 5. The number of carbonyl (C=O) groups is 3. The van der Waals surface area contributed by atoms with Gasteiger partial charge >= 0.3 is 5.97 Å². The van der Waals surface area contributed by atoms with Crippen molar-refractivity contribution in [3.8, 4) is 0 Å². The highest BCUT2D eigenvalue weighted by atomic mass is 32.1. The first kappa shape index (κ1) is 21.3. The van der Waals surface area contributed by atoms with Crippen LogP contribution in [0.5, 0.6) is 0 Å². The van der Waals surface area contributed by atoms with Crippen molar-refractivity contribution in [1.29, 1.82) is 0 Å². The number of amides is 2. The zero-order chi connectivity index (χ0) is 20.0. The molecule has 1 fully saturated rings. The van der Waals surface area contributed by atoms with E-state index in [9.17, 15) is 14.4 Å². The molecule has 150 valence electrons. The molecule has 9 heteroatoms. The summed E-state index contributed by atoms with van der Waals surface area (Å²) in [6.07, 6.45) is 2.43. The Kier molecular flexibility index (Phi) is 7.76. The number of ether oxygens (including phenoxy) is 1. The van der Waals surface area contributed by atoms with E-state index < -0.39 is 11.9 Å². The first-order valence-electron chi connectivity index (χ1n) is 9.45. The fourth-order valence-electron chi connectivity index (χ4n) is 3.61. The van der Waals surface area contributed by atoms with Gasteiger partial charge in [0.2, 0.25) is 0 Å². The maximum absolute atomic E-state index is 12.3. The molecular weight excluding hydrogens is 368 g/mol. The van der Waals surface area contributed by atoms with Crippen LogP contribution in [0.3, 0.4) is 0 Å². The zero-order valence-electron chi connectivity index (χ0n) is 16.2. The maximum Gasteiger partial charge on any atom is 0.341 e. The first-order chi connectivity index (χ1) is 12.9. The molecule has 2 heterocycles. The first-order valence-corrected chi connectivity index (χ1v) is 10.3. The van der Waals surface area contributed by atoms with Crippen molar-refractivity contribution in [2.75, 3.05) is 38.1 Å². The summed E-state index contributed by atoms with van der Waals surface area (Å²) in [6.45, 7) is 9.20. The number of hydrogen-bond donors (Lipinski definition) is 4. The van der Waals surface area contributed by atoms with Gasteiger partial charge in [-0.3, -0.25) is 9.59 Å². The smallest absolute Gasteiger partial charge is 0.341 e. The Balaban J connectivity index is 2.00. The van der Waals surface area contributed by atoms with Crippen molar-refractivity contribution in [1.82, 2.24) is 0 Å². The maximum atomic E-state index is 12.3. The summed E-state index contributed by atoms with van der Waals surface area (Å²) in [5, 5.41) is 5.07. The molecular formula is C18H30N4O4S+2.